The van der Waals surface area contributed by atoms with Crippen LogP contribution in [-0.2, 0) is 9.53 Å². The van der Waals surface area contributed by atoms with Gasteiger partial charge in [-0.3, -0.25) is 4.79 Å². The maximum absolute atomic E-state index is 11.6. The molecule has 88 valence electrons. The summed E-state index contributed by atoms with van der Waals surface area (Å²) in [6.45, 7) is 4.98. The minimum absolute atomic E-state index is 0.203. The van der Waals surface area contributed by atoms with Crippen LogP contribution in [0.2, 0.25) is 0 Å². The molecule has 5 heteroatoms. The third-order valence-electron chi connectivity index (χ3n) is 2.86. The molecule has 1 aliphatic heterocycles. The summed E-state index contributed by atoms with van der Waals surface area (Å²) in [4.78, 5) is 11.6. The Labute approximate surface area is 90.2 Å². The molecule has 0 aromatic heterocycles. The van der Waals surface area contributed by atoms with Gasteiger partial charge in [0.2, 0.25) is 0 Å². The van der Waals surface area contributed by atoms with Gasteiger partial charge in [-0.05, 0) is 26.8 Å². The highest BCUT2D eigenvalue weighted by Crippen LogP contribution is 2.14. The number of nitrogens with one attached hydrogen (secondary N) is 2. The number of methoxy groups -OCH3 is 1. The molecule has 1 fully saturated rings. The van der Waals surface area contributed by atoms with Gasteiger partial charge >= 0.3 is 0 Å². The number of carbonyl (C=O) groups is 1. The number of β-amino-alcohol motifs (C(OH)–C–C–N with tert-alkyl or cyclic N) is 1. The van der Waals surface area contributed by atoms with Gasteiger partial charge in [0.15, 0.2) is 0 Å². The standard InChI is InChI=1S/C10H20N2O3/c1-9(2,15-3)8(13)12-7-10(14)4-5-11-6-10/h11,14H,4-7H2,1-3H3,(H,12,13). The third-order valence-corrected chi connectivity index (χ3v) is 2.86. The molecule has 1 unspecified atom stereocenters. The maximum Gasteiger partial charge on any atom is 0.251 e. The molecule has 1 rings (SSSR count). The van der Waals surface area contributed by atoms with Gasteiger partial charge in [0, 0.05) is 20.2 Å². The summed E-state index contributed by atoms with van der Waals surface area (Å²) in [5.41, 5.74) is -1.65. The largest absolute Gasteiger partial charge is 0.387 e. The average Bonchev–Trinajstić information content (AvgIpc) is 2.62. The van der Waals surface area contributed by atoms with Crippen LogP contribution >= 0.6 is 0 Å². The zero-order chi connectivity index (χ0) is 11.5. The topological polar surface area (TPSA) is 70.6 Å². The highest BCUT2D eigenvalue weighted by atomic mass is 16.5. The fourth-order valence-electron chi connectivity index (χ4n) is 1.43. The van der Waals surface area contributed by atoms with Crippen molar-refractivity contribution in [3.05, 3.63) is 0 Å². The smallest absolute Gasteiger partial charge is 0.251 e. The van der Waals surface area contributed by atoms with Gasteiger partial charge < -0.3 is 20.5 Å². The Hall–Kier alpha value is -0.650. The number of hydrogen-bond donors (Lipinski definition) is 3. The van der Waals surface area contributed by atoms with E-state index in [1.54, 1.807) is 13.8 Å². The van der Waals surface area contributed by atoms with E-state index in [2.05, 4.69) is 10.6 Å². The molecule has 3 N–H and O–H groups in total. The molecule has 15 heavy (non-hydrogen) atoms. The maximum atomic E-state index is 11.6. The Morgan fingerprint density at radius 1 is 1.67 bits per heavy atom. The molecule has 0 bridgehead atoms. The number of amides is 1. The van der Waals surface area contributed by atoms with E-state index in [-0.39, 0.29) is 12.5 Å². The molecular weight excluding hydrogens is 196 g/mol. The molecular formula is C10H20N2O3. The van der Waals surface area contributed by atoms with Gasteiger partial charge in [-0.1, -0.05) is 0 Å². The van der Waals surface area contributed by atoms with Crippen LogP contribution in [0.3, 0.4) is 0 Å². The van der Waals surface area contributed by atoms with Crippen molar-refractivity contribution in [2.45, 2.75) is 31.5 Å². The van der Waals surface area contributed by atoms with Crippen LogP contribution in [0.5, 0.6) is 0 Å². The average molecular weight is 216 g/mol. The Bertz CT molecular complexity index is 235. The molecule has 1 amide bonds. The normalized spacial score (nSPS) is 26.7. The van der Waals surface area contributed by atoms with E-state index in [1.165, 1.54) is 7.11 Å². The lowest BCUT2D eigenvalue weighted by Crippen LogP contribution is -2.50. The number of carbonyl (C=O) groups excluding carboxylic acids is 1. The second-order valence-electron chi connectivity index (χ2n) is 4.55. The highest BCUT2D eigenvalue weighted by Gasteiger charge is 2.34. The van der Waals surface area contributed by atoms with Gasteiger partial charge in [-0.2, -0.15) is 0 Å². The summed E-state index contributed by atoms with van der Waals surface area (Å²) >= 11 is 0. The first-order valence-electron chi connectivity index (χ1n) is 5.16. The minimum atomic E-state index is -0.845. The van der Waals surface area contributed by atoms with Crippen molar-refractivity contribution in [3.63, 3.8) is 0 Å². The van der Waals surface area contributed by atoms with Crippen LogP contribution in [0.15, 0.2) is 0 Å². The first-order chi connectivity index (χ1) is 6.90. The SMILES string of the molecule is COC(C)(C)C(=O)NCC1(O)CCNC1. The van der Waals surface area contributed by atoms with E-state index in [9.17, 15) is 9.90 Å². The fraction of sp³-hybridized carbons (Fsp3) is 0.900. The summed E-state index contributed by atoms with van der Waals surface area (Å²) in [5, 5.41) is 15.7. The van der Waals surface area contributed by atoms with E-state index in [1.807, 2.05) is 0 Å². The van der Waals surface area contributed by atoms with Gasteiger partial charge in [0.1, 0.15) is 5.60 Å². The van der Waals surface area contributed by atoms with Crippen molar-refractivity contribution in [1.82, 2.24) is 10.6 Å². The monoisotopic (exact) mass is 216 g/mol. The van der Waals surface area contributed by atoms with E-state index in [0.717, 1.165) is 6.54 Å². The molecule has 0 aliphatic carbocycles. The van der Waals surface area contributed by atoms with E-state index in [4.69, 9.17) is 4.74 Å². The van der Waals surface area contributed by atoms with Crippen LogP contribution in [0, 0.1) is 0 Å². The van der Waals surface area contributed by atoms with Crippen molar-refractivity contribution in [3.8, 4) is 0 Å². The van der Waals surface area contributed by atoms with E-state index < -0.39 is 11.2 Å². The molecule has 1 heterocycles. The molecule has 5 nitrogen and oxygen atoms in total. The lowest BCUT2D eigenvalue weighted by molar-refractivity contribution is -0.140. The third kappa shape index (κ3) is 3.15. The Morgan fingerprint density at radius 3 is 2.80 bits per heavy atom. The molecule has 1 saturated heterocycles. The Morgan fingerprint density at radius 2 is 2.33 bits per heavy atom. The number of rotatable bonds is 4. The van der Waals surface area contributed by atoms with Gasteiger partial charge in [-0.15, -0.1) is 0 Å². The molecule has 1 atom stereocenters. The van der Waals surface area contributed by atoms with Crippen molar-refractivity contribution in [2.24, 2.45) is 0 Å². The summed E-state index contributed by atoms with van der Waals surface area (Å²) in [5.74, 6) is -0.203. The summed E-state index contributed by atoms with van der Waals surface area (Å²) in [6, 6.07) is 0. The second kappa shape index (κ2) is 4.47. The molecule has 0 saturated carbocycles. The quantitative estimate of drug-likeness (QED) is 0.578. The highest BCUT2D eigenvalue weighted by molar-refractivity contribution is 5.84. The van der Waals surface area contributed by atoms with Crippen molar-refractivity contribution in [1.29, 1.82) is 0 Å². The van der Waals surface area contributed by atoms with Crippen LogP contribution in [0.1, 0.15) is 20.3 Å². The van der Waals surface area contributed by atoms with Crippen LogP contribution in [0.25, 0.3) is 0 Å². The number of ether oxygens (including phenoxy) is 1. The first kappa shape index (κ1) is 12.4. The van der Waals surface area contributed by atoms with Crippen molar-refractivity contribution >= 4 is 5.91 Å². The zero-order valence-electron chi connectivity index (χ0n) is 9.59. The van der Waals surface area contributed by atoms with Gasteiger partial charge in [-0.25, -0.2) is 0 Å². The molecule has 0 radical (unpaired) electrons. The van der Waals surface area contributed by atoms with Crippen LogP contribution in [0.4, 0.5) is 0 Å². The number of hydrogen-bond acceptors (Lipinski definition) is 4. The molecule has 0 aromatic rings. The second-order valence-corrected chi connectivity index (χ2v) is 4.55. The molecule has 0 spiro atoms. The lowest BCUT2D eigenvalue weighted by Gasteiger charge is -2.26. The zero-order valence-corrected chi connectivity index (χ0v) is 9.59. The Balaban J connectivity index is 2.40. The van der Waals surface area contributed by atoms with Crippen LogP contribution < -0.4 is 10.6 Å². The van der Waals surface area contributed by atoms with Gasteiger partial charge in [0.05, 0.1) is 5.60 Å². The molecule has 0 aromatic carbocycles. The summed E-state index contributed by atoms with van der Waals surface area (Å²) in [7, 11) is 1.49. The number of aliphatic hydroxyl groups is 1. The summed E-state index contributed by atoms with van der Waals surface area (Å²) in [6.07, 6.45) is 0.667. The molecule has 1 aliphatic rings. The van der Waals surface area contributed by atoms with E-state index in [0.29, 0.717) is 13.0 Å². The van der Waals surface area contributed by atoms with E-state index >= 15 is 0 Å². The first-order valence-corrected chi connectivity index (χ1v) is 5.16. The van der Waals surface area contributed by atoms with Crippen molar-refractivity contribution < 1.29 is 14.6 Å². The minimum Gasteiger partial charge on any atom is -0.387 e. The summed E-state index contributed by atoms with van der Waals surface area (Å²) < 4.78 is 5.04. The van der Waals surface area contributed by atoms with Crippen LogP contribution in [-0.4, -0.2) is 49.0 Å². The lowest BCUT2D eigenvalue weighted by atomic mass is 10.0. The van der Waals surface area contributed by atoms with Gasteiger partial charge in [0.25, 0.3) is 5.91 Å². The predicted molar refractivity (Wildman–Crippen MR) is 56.5 cm³/mol. The Kier molecular flexibility index (Phi) is 3.70. The fourth-order valence-corrected chi connectivity index (χ4v) is 1.43. The van der Waals surface area contributed by atoms with Crippen molar-refractivity contribution in [2.75, 3.05) is 26.7 Å². The predicted octanol–water partition coefficient (Wildman–Crippen LogP) is -0.748.